The lowest BCUT2D eigenvalue weighted by molar-refractivity contribution is 0.527. The van der Waals surface area contributed by atoms with Crippen molar-refractivity contribution in [1.82, 2.24) is 20.3 Å². The average Bonchev–Trinajstić information content (AvgIpc) is 2.71. The van der Waals surface area contributed by atoms with Crippen molar-refractivity contribution in [3.63, 3.8) is 0 Å². The molecular weight excluding hydrogens is 238 g/mol. The summed E-state index contributed by atoms with van der Waals surface area (Å²) in [6, 6.07) is 3.43. The summed E-state index contributed by atoms with van der Waals surface area (Å²) < 4.78 is 27.9. The molecule has 1 unspecified atom stereocenters. The van der Waals surface area contributed by atoms with E-state index in [0.29, 0.717) is 12.0 Å². The number of hydrogen-bond donors (Lipinski definition) is 1. The number of nitrogens with one attached hydrogen (secondary N) is 1. The van der Waals surface area contributed by atoms with Crippen molar-refractivity contribution in [2.45, 2.75) is 12.5 Å². The Kier molecular flexibility index (Phi) is 3.66. The van der Waals surface area contributed by atoms with Crippen molar-refractivity contribution in [3.05, 3.63) is 47.3 Å². The van der Waals surface area contributed by atoms with Gasteiger partial charge in [0.15, 0.2) is 0 Å². The van der Waals surface area contributed by atoms with Crippen LogP contribution in [0.25, 0.3) is 0 Å². The van der Waals surface area contributed by atoms with Gasteiger partial charge in [0.2, 0.25) is 0 Å². The summed E-state index contributed by atoms with van der Waals surface area (Å²) in [6.07, 6.45) is 2.10. The summed E-state index contributed by atoms with van der Waals surface area (Å²) in [4.78, 5) is 0. The SMILES string of the molecule is CNC(Cc1cc(F)cc(F)c1)c1cnnn1C. The van der Waals surface area contributed by atoms with Crippen LogP contribution in [0.5, 0.6) is 0 Å². The fourth-order valence-corrected chi connectivity index (χ4v) is 1.93. The van der Waals surface area contributed by atoms with Crippen molar-refractivity contribution in [2.24, 2.45) is 7.05 Å². The number of halogens is 2. The Labute approximate surface area is 104 Å². The Morgan fingerprint density at radius 3 is 2.44 bits per heavy atom. The third-order valence-electron chi connectivity index (χ3n) is 2.82. The molecule has 0 saturated carbocycles. The highest BCUT2D eigenvalue weighted by atomic mass is 19.1. The third kappa shape index (κ3) is 2.70. The van der Waals surface area contributed by atoms with E-state index in [9.17, 15) is 8.78 Å². The fourth-order valence-electron chi connectivity index (χ4n) is 1.93. The van der Waals surface area contributed by atoms with Crippen LogP contribution in [0.4, 0.5) is 8.78 Å². The molecule has 0 spiro atoms. The van der Waals surface area contributed by atoms with E-state index in [0.717, 1.165) is 11.8 Å². The van der Waals surface area contributed by atoms with Crippen molar-refractivity contribution < 1.29 is 8.78 Å². The first-order chi connectivity index (χ1) is 8.60. The number of rotatable bonds is 4. The topological polar surface area (TPSA) is 42.7 Å². The van der Waals surface area contributed by atoms with E-state index in [4.69, 9.17) is 0 Å². The van der Waals surface area contributed by atoms with Gasteiger partial charge in [-0.1, -0.05) is 5.21 Å². The Bertz CT molecular complexity index is 518. The van der Waals surface area contributed by atoms with Gasteiger partial charge in [0.05, 0.1) is 17.9 Å². The van der Waals surface area contributed by atoms with E-state index in [2.05, 4.69) is 15.6 Å². The van der Waals surface area contributed by atoms with Crippen molar-refractivity contribution in [3.8, 4) is 0 Å². The molecule has 0 amide bonds. The monoisotopic (exact) mass is 252 g/mol. The summed E-state index contributed by atoms with van der Waals surface area (Å²) in [5.74, 6) is -1.13. The first-order valence-corrected chi connectivity index (χ1v) is 5.57. The van der Waals surface area contributed by atoms with Crippen LogP contribution in [-0.2, 0) is 13.5 Å². The molecule has 1 aromatic carbocycles. The maximum Gasteiger partial charge on any atom is 0.126 e. The molecule has 96 valence electrons. The first kappa shape index (κ1) is 12.6. The maximum atomic E-state index is 13.1. The number of aromatic nitrogens is 3. The first-order valence-electron chi connectivity index (χ1n) is 5.57. The zero-order valence-corrected chi connectivity index (χ0v) is 10.2. The summed E-state index contributed by atoms with van der Waals surface area (Å²) in [5, 5.41) is 10.7. The van der Waals surface area contributed by atoms with Gasteiger partial charge >= 0.3 is 0 Å². The van der Waals surface area contributed by atoms with Crippen molar-refractivity contribution >= 4 is 0 Å². The van der Waals surface area contributed by atoms with Crippen LogP contribution in [0.2, 0.25) is 0 Å². The molecule has 1 N–H and O–H groups in total. The maximum absolute atomic E-state index is 13.1. The molecule has 2 rings (SSSR count). The van der Waals surface area contributed by atoms with E-state index in [-0.39, 0.29) is 6.04 Å². The Balaban J connectivity index is 2.23. The molecule has 0 saturated heterocycles. The molecule has 1 atom stereocenters. The van der Waals surface area contributed by atoms with Gasteiger partial charge in [0, 0.05) is 13.1 Å². The van der Waals surface area contributed by atoms with E-state index >= 15 is 0 Å². The zero-order chi connectivity index (χ0) is 13.1. The largest absolute Gasteiger partial charge is 0.311 e. The fraction of sp³-hybridized carbons (Fsp3) is 0.333. The summed E-state index contributed by atoms with van der Waals surface area (Å²) in [7, 11) is 3.56. The third-order valence-corrected chi connectivity index (χ3v) is 2.82. The van der Waals surface area contributed by atoms with Crippen molar-refractivity contribution in [1.29, 1.82) is 0 Å². The minimum atomic E-state index is -0.567. The summed E-state index contributed by atoms with van der Waals surface area (Å²) >= 11 is 0. The number of benzene rings is 1. The van der Waals surface area contributed by atoms with Gasteiger partial charge in [-0.2, -0.15) is 0 Å². The summed E-state index contributed by atoms with van der Waals surface area (Å²) in [6.45, 7) is 0. The van der Waals surface area contributed by atoms with Crippen LogP contribution >= 0.6 is 0 Å². The Morgan fingerprint density at radius 1 is 1.28 bits per heavy atom. The quantitative estimate of drug-likeness (QED) is 0.898. The van der Waals surface area contributed by atoms with E-state index in [1.54, 1.807) is 25.0 Å². The standard InChI is InChI=1S/C12H14F2N4/c1-15-11(12-7-16-17-18(12)2)5-8-3-9(13)6-10(14)4-8/h3-4,6-7,11,15H,5H2,1-2H3. The predicted octanol–water partition coefficient (Wildman–Crippen LogP) is 1.60. The van der Waals surface area contributed by atoms with Crippen molar-refractivity contribution in [2.75, 3.05) is 7.05 Å². The Hall–Kier alpha value is -1.82. The number of likely N-dealkylation sites (N-methyl/N-ethyl adjacent to an activating group) is 1. The van der Waals surface area contributed by atoms with Gasteiger partial charge in [-0.05, 0) is 31.2 Å². The lowest BCUT2D eigenvalue weighted by Crippen LogP contribution is -2.21. The molecular formula is C12H14F2N4. The highest BCUT2D eigenvalue weighted by Gasteiger charge is 2.15. The summed E-state index contributed by atoms with van der Waals surface area (Å²) in [5.41, 5.74) is 1.45. The molecule has 18 heavy (non-hydrogen) atoms. The predicted molar refractivity (Wildman–Crippen MR) is 62.9 cm³/mol. The van der Waals surface area contributed by atoms with Gasteiger partial charge in [-0.25, -0.2) is 8.78 Å². The second kappa shape index (κ2) is 5.22. The molecule has 1 heterocycles. The second-order valence-corrected chi connectivity index (χ2v) is 4.11. The number of hydrogen-bond acceptors (Lipinski definition) is 3. The molecule has 0 aliphatic heterocycles. The molecule has 0 fully saturated rings. The number of aryl methyl sites for hydroxylation is 1. The van der Waals surface area contributed by atoms with Gasteiger partial charge in [0.1, 0.15) is 11.6 Å². The lowest BCUT2D eigenvalue weighted by atomic mass is 10.0. The highest BCUT2D eigenvalue weighted by Crippen LogP contribution is 2.18. The molecule has 0 aliphatic carbocycles. The Morgan fingerprint density at radius 2 is 1.94 bits per heavy atom. The minimum absolute atomic E-state index is 0.0915. The van der Waals surface area contributed by atoms with Crippen LogP contribution in [0.3, 0.4) is 0 Å². The number of nitrogens with zero attached hydrogens (tertiary/aromatic N) is 3. The van der Waals surface area contributed by atoms with Crippen LogP contribution in [0.15, 0.2) is 24.4 Å². The van der Waals surface area contributed by atoms with E-state index in [1.165, 1.54) is 12.1 Å². The second-order valence-electron chi connectivity index (χ2n) is 4.11. The van der Waals surface area contributed by atoms with Crippen LogP contribution in [0.1, 0.15) is 17.3 Å². The molecule has 2 aromatic rings. The molecule has 0 bridgehead atoms. The van der Waals surface area contributed by atoms with Gasteiger partial charge in [-0.15, -0.1) is 5.10 Å². The van der Waals surface area contributed by atoms with Gasteiger partial charge in [0.25, 0.3) is 0 Å². The molecule has 0 radical (unpaired) electrons. The normalized spacial score (nSPS) is 12.7. The van der Waals surface area contributed by atoms with Crippen LogP contribution < -0.4 is 5.32 Å². The lowest BCUT2D eigenvalue weighted by Gasteiger charge is -2.15. The van der Waals surface area contributed by atoms with E-state index < -0.39 is 11.6 Å². The van der Waals surface area contributed by atoms with Gasteiger partial charge < -0.3 is 5.32 Å². The minimum Gasteiger partial charge on any atom is -0.311 e. The van der Waals surface area contributed by atoms with Crippen LogP contribution in [0, 0.1) is 11.6 Å². The molecule has 4 nitrogen and oxygen atoms in total. The highest BCUT2D eigenvalue weighted by molar-refractivity contribution is 5.20. The molecule has 0 aliphatic rings. The van der Waals surface area contributed by atoms with Crippen LogP contribution in [-0.4, -0.2) is 22.0 Å². The average molecular weight is 252 g/mol. The zero-order valence-electron chi connectivity index (χ0n) is 10.2. The van der Waals surface area contributed by atoms with E-state index in [1.807, 2.05) is 0 Å². The molecule has 6 heteroatoms. The molecule has 1 aromatic heterocycles. The van der Waals surface area contributed by atoms with Gasteiger partial charge in [-0.3, -0.25) is 4.68 Å². The smallest absolute Gasteiger partial charge is 0.126 e.